The molecule has 0 fully saturated rings. The van der Waals surface area contributed by atoms with Gasteiger partial charge in [0.05, 0.1) is 6.42 Å². The lowest BCUT2D eigenvalue weighted by Gasteiger charge is -2.29. The van der Waals surface area contributed by atoms with Gasteiger partial charge in [-0.05, 0) is 18.4 Å². The number of carbonyl (C=O) groups is 2. The van der Waals surface area contributed by atoms with Gasteiger partial charge in [-0.3, -0.25) is 4.79 Å². The first-order chi connectivity index (χ1) is 11.0. The van der Waals surface area contributed by atoms with Crippen LogP contribution in [0.25, 0.3) is 0 Å². The fraction of sp³-hybridized carbons (Fsp3) is 0.333. The standard InChI is InChI=1S/C18H16O5/c1-18(10-5-3-2-4-6-10)8-7-11-14(18)12(19)9-13-15(11)23-17(22-13)16(20)21/h2-6,17H,7-9H2,1H3,(H,20,21). The van der Waals surface area contributed by atoms with E-state index in [-0.39, 0.29) is 17.6 Å². The average Bonchev–Trinajstić information content (AvgIpc) is 3.11. The molecule has 2 atom stereocenters. The lowest BCUT2D eigenvalue weighted by Crippen LogP contribution is -2.28. The van der Waals surface area contributed by atoms with E-state index in [2.05, 4.69) is 6.92 Å². The molecule has 0 saturated heterocycles. The number of carboxylic acids is 1. The van der Waals surface area contributed by atoms with Crippen LogP contribution in [0.4, 0.5) is 0 Å². The van der Waals surface area contributed by atoms with Gasteiger partial charge in [0.1, 0.15) is 0 Å². The maximum atomic E-state index is 12.7. The highest BCUT2D eigenvalue weighted by Crippen LogP contribution is 2.52. The van der Waals surface area contributed by atoms with E-state index < -0.39 is 12.3 Å². The monoisotopic (exact) mass is 312 g/mol. The summed E-state index contributed by atoms with van der Waals surface area (Å²) < 4.78 is 10.7. The van der Waals surface area contributed by atoms with E-state index in [0.717, 1.165) is 23.1 Å². The van der Waals surface area contributed by atoms with Crippen molar-refractivity contribution < 1.29 is 24.2 Å². The van der Waals surface area contributed by atoms with Gasteiger partial charge >= 0.3 is 12.3 Å². The third-order valence-corrected chi connectivity index (χ3v) is 4.94. The molecule has 0 spiro atoms. The van der Waals surface area contributed by atoms with E-state index >= 15 is 0 Å². The molecule has 1 N–H and O–H groups in total. The zero-order valence-corrected chi connectivity index (χ0v) is 12.7. The van der Waals surface area contributed by atoms with Crippen LogP contribution in [0.3, 0.4) is 0 Å². The minimum Gasteiger partial charge on any atom is -0.476 e. The summed E-state index contributed by atoms with van der Waals surface area (Å²) in [5.41, 5.74) is 2.29. The maximum Gasteiger partial charge on any atom is 0.387 e. The number of carboxylic acid groups (broad SMARTS) is 1. The Kier molecular flexibility index (Phi) is 2.88. The van der Waals surface area contributed by atoms with Gasteiger partial charge in [0.15, 0.2) is 17.3 Å². The second kappa shape index (κ2) is 4.72. The van der Waals surface area contributed by atoms with Crippen molar-refractivity contribution >= 4 is 11.8 Å². The van der Waals surface area contributed by atoms with Crippen LogP contribution >= 0.6 is 0 Å². The highest BCUT2D eigenvalue weighted by Gasteiger charge is 2.49. The Balaban J connectivity index is 1.79. The second-order valence-electron chi connectivity index (χ2n) is 6.31. The molecule has 0 aromatic heterocycles. The molecule has 4 rings (SSSR count). The molecule has 1 heterocycles. The Morgan fingerprint density at radius 3 is 2.70 bits per heavy atom. The number of ether oxygens (including phenoxy) is 2. The number of Topliss-reactive ketones (excluding diaryl/α,β-unsaturated/α-hetero) is 1. The van der Waals surface area contributed by atoms with Gasteiger partial charge < -0.3 is 14.6 Å². The molecule has 0 amide bonds. The summed E-state index contributed by atoms with van der Waals surface area (Å²) in [6.07, 6.45) is 0.204. The van der Waals surface area contributed by atoms with Crippen molar-refractivity contribution in [2.24, 2.45) is 0 Å². The first kappa shape index (κ1) is 14.1. The van der Waals surface area contributed by atoms with E-state index in [0.29, 0.717) is 17.9 Å². The first-order valence-corrected chi connectivity index (χ1v) is 7.63. The summed E-state index contributed by atoms with van der Waals surface area (Å²) >= 11 is 0. The van der Waals surface area contributed by atoms with Crippen molar-refractivity contribution in [1.82, 2.24) is 0 Å². The van der Waals surface area contributed by atoms with Crippen LogP contribution in [-0.4, -0.2) is 23.1 Å². The van der Waals surface area contributed by atoms with Crippen molar-refractivity contribution in [1.29, 1.82) is 0 Å². The van der Waals surface area contributed by atoms with Crippen molar-refractivity contribution in [3.8, 4) is 0 Å². The van der Waals surface area contributed by atoms with Gasteiger partial charge in [-0.25, -0.2) is 4.79 Å². The molecule has 23 heavy (non-hydrogen) atoms. The van der Waals surface area contributed by atoms with Gasteiger partial charge in [-0.2, -0.15) is 0 Å². The lowest BCUT2D eigenvalue weighted by molar-refractivity contribution is -0.164. The summed E-state index contributed by atoms with van der Waals surface area (Å²) in [6, 6.07) is 9.93. The van der Waals surface area contributed by atoms with Crippen molar-refractivity contribution in [2.45, 2.75) is 37.9 Å². The SMILES string of the molecule is CC1(c2ccccc2)CCC2=C1C(=O)CC1=C2OC(C(=O)O)O1. The van der Waals surface area contributed by atoms with Gasteiger partial charge in [0.25, 0.3) is 0 Å². The predicted molar refractivity (Wildman–Crippen MR) is 80.3 cm³/mol. The second-order valence-corrected chi connectivity index (χ2v) is 6.31. The van der Waals surface area contributed by atoms with Crippen LogP contribution in [-0.2, 0) is 24.5 Å². The summed E-state index contributed by atoms with van der Waals surface area (Å²) in [5.74, 6) is -0.361. The molecule has 5 nitrogen and oxygen atoms in total. The number of ketones is 1. The maximum absolute atomic E-state index is 12.7. The van der Waals surface area contributed by atoms with Crippen molar-refractivity contribution in [3.05, 3.63) is 58.6 Å². The summed E-state index contributed by atoms with van der Waals surface area (Å²) in [7, 11) is 0. The number of fused-ring (bicyclic) bond motifs is 1. The molecular weight excluding hydrogens is 296 g/mol. The van der Waals surface area contributed by atoms with Gasteiger partial charge in [0, 0.05) is 16.6 Å². The number of hydrogen-bond donors (Lipinski definition) is 1. The number of allylic oxidation sites excluding steroid dienone is 3. The third-order valence-electron chi connectivity index (χ3n) is 4.94. The van der Waals surface area contributed by atoms with Crippen LogP contribution < -0.4 is 0 Å². The molecule has 3 aliphatic rings. The highest BCUT2D eigenvalue weighted by atomic mass is 16.7. The zero-order chi connectivity index (χ0) is 16.2. The van der Waals surface area contributed by atoms with E-state index in [4.69, 9.17) is 14.6 Å². The quantitative estimate of drug-likeness (QED) is 0.909. The molecule has 0 saturated carbocycles. The van der Waals surface area contributed by atoms with Gasteiger partial charge in [0.2, 0.25) is 0 Å². The first-order valence-electron chi connectivity index (χ1n) is 7.63. The number of carbonyl (C=O) groups excluding carboxylic acids is 1. The third kappa shape index (κ3) is 1.92. The van der Waals surface area contributed by atoms with E-state index in [1.807, 2.05) is 30.3 Å². The van der Waals surface area contributed by atoms with E-state index in [1.54, 1.807) is 0 Å². The average molecular weight is 312 g/mol. The fourth-order valence-electron chi connectivity index (χ4n) is 3.83. The Labute approximate surface area is 133 Å². The van der Waals surface area contributed by atoms with E-state index in [1.165, 1.54) is 0 Å². The molecule has 1 aliphatic heterocycles. The molecule has 2 unspecified atom stereocenters. The van der Waals surface area contributed by atoms with Crippen molar-refractivity contribution in [3.63, 3.8) is 0 Å². The number of aliphatic carboxylic acids is 1. The fourth-order valence-corrected chi connectivity index (χ4v) is 3.83. The normalized spacial score (nSPS) is 29.1. The minimum atomic E-state index is -1.34. The number of benzene rings is 1. The van der Waals surface area contributed by atoms with Crippen LogP contribution in [0.15, 0.2) is 53.0 Å². The van der Waals surface area contributed by atoms with Crippen LogP contribution in [0.2, 0.25) is 0 Å². The molecule has 118 valence electrons. The Bertz CT molecular complexity index is 774. The number of rotatable bonds is 2. The molecule has 1 aromatic rings. The summed E-state index contributed by atoms with van der Waals surface area (Å²) in [4.78, 5) is 23.8. The largest absolute Gasteiger partial charge is 0.476 e. The summed E-state index contributed by atoms with van der Waals surface area (Å²) in [6.45, 7) is 2.07. The molecular formula is C18H16O5. The zero-order valence-electron chi connectivity index (χ0n) is 12.7. The van der Waals surface area contributed by atoms with Crippen molar-refractivity contribution in [2.75, 3.05) is 0 Å². The van der Waals surface area contributed by atoms with E-state index in [9.17, 15) is 9.59 Å². The highest BCUT2D eigenvalue weighted by molar-refractivity contribution is 6.03. The van der Waals surface area contributed by atoms with Crippen LogP contribution in [0, 0.1) is 0 Å². The molecule has 0 radical (unpaired) electrons. The predicted octanol–water partition coefficient (Wildman–Crippen LogP) is 2.68. The Hall–Kier alpha value is -2.56. The van der Waals surface area contributed by atoms with Crippen LogP contribution in [0.5, 0.6) is 0 Å². The summed E-state index contributed by atoms with van der Waals surface area (Å²) in [5, 5.41) is 9.07. The van der Waals surface area contributed by atoms with Gasteiger partial charge in [-0.1, -0.05) is 37.3 Å². The van der Waals surface area contributed by atoms with Crippen LogP contribution in [0.1, 0.15) is 31.7 Å². The topological polar surface area (TPSA) is 72.8 Å². The molecule has 1 aromatic carbocycles. The Morgan fingerprint density at radius 1 is 1.26 bits per heavy atom. The molecule has 0 bridgehead atoms. The Morgan fingerprint density at radius 2 is 2.00 bits per heavy atom. The molecule has 2 aliphatic carbocycles. The molecule has 5 heteroatoms. The number of hydrogen-bond acceptors (Lipinski definition) is 4. The lowest BCUT2D eigenvalue weighted by atomic mass is 9.73. The smallest absolute Gasteiger partial charge is 0.387 e. The minimum absolute atomic E-state index is 0.00255. The van der Waals surface area contributed by atoms with Gasteiger partial charge in [-0.15, -0.1) is 0 Å².